The Morgan fingerprint density at radius 3 is 2.58 bits per heavy atom. The van der Waals surface area contributed by atoms with Gasteiger partial charge in [-0.15, -0.1) is 0 Å². The van der Waals surface area contributed by atoms with Crippen molar-refractivity contribution >= 4 is 12.0 Å². The van der Waals surface area contributed by atoms with Gasteiger partial charge in [-0.3, -0.25) is 0 Å². The lowest BCUT2D eigenvalue weighted by atomic mass is 10.1. The first-order chi connectivity index (χ1) is 12.5. The van der Waals surface area contributed by atoms with Crippen LogP contribution in [0.3, 0.4) is 0 Å². The maximum atomic E-state index is 11.1. The van der Waals surface area contributed by atoms with Crippen LogP contribution in [0.1, 0.15) is 11.1 Å². The molecule has 6 heteroatoms. The largest absolute Gasteiger partial charge is 0.493 e. The summed E-state index contributed by atoms with van der Waals surface area (Å²) in [7, 11) is 1.49. The molecule has 2 rings (SSSR count). The van der Waals surface area contributed by atoms with Gasteiger partial charge < -0.3 is 19.3 Å². The Morgan fingerprint density at radius 1 is 1.19 bits per heavy atom. The van der Waals surface area contributed by atoms with Gasteiger partial charge in [-0.25, -0.2) is 4.79 Å². The van der Waals surface area contributed by atoms with Crippen molar-refractivity contribution in [2.75, 3.05) is 20.3 Å². The van der Waals surface area contributed by atoms with E-state index in [2.05, 4.69) is 0 Å². The predicted octanol–water partition coefficient (Wildman–Crippen LogP) is 3.45. The van der Waals surface area contributed by atoms with Crippen LogP contribution in [-0.2, 0) is 4.79 Å². The molecule has 0 heterocycles. The standard InChI is InChI=1S/C20H19NO5/c1-14-5-3-7-17(11-14)25-9-10-26-19-15(6-4-8-18(19)24-2)12-16(13-21)20(22)23/h3-8,11-12H,9-10H2,1-2H3,(H,22,23). The highest BCUT2D eigenvalue weighted by atomic mass is 16.5. The average Bonchev–Trinajstić information content (AvgIpc) is 2.63. The fourth-order valence-corrected chi connectivity index (χ4v) is 2.27. The van der Waals surface area contributed by atoms with E-state index in [1.54, 1.807) is 24.3 Å². The molecule has 0 aromatic heterocycles. The molecule has 0 fully saturated rings. The molecule has 0 bridgehead atoms. The summed E-state index contributed by atoms with van der Waals surface area (Å²) < 4.78 is 16.6. The second-order valence-electron chi connectivity index (χ2n) is 5.37. The molecule has 0 unspecified atom stereocenters. The van der Waals surface area contributed by atoms with E-state index >= 15 is 0 Å². The smallest absolute Gasteiger partial charge is 0.346 e. The number of benzene rings is 2. The van der Waals surface area contributed by atoms with Crippen molar-refractivity contribution < 1.29 is 24.1 Å². The van der Waals surface area contributed by atoms with Gasteiger partial charge in [-0.1, -0.05) is 24.3 Å². The van der Waals surface area contributed by atoms with Gasteiger partial charge in [-0.2, -0.15) is 5.26 Å². The molecule has 0 amide bonds. The number of hydrogen-bond donors (Lipinski definition) is 1. The fourth-order valence-electron chi connectivity index (χ4n) is 2.27. The van der Waals surface area contributed by atoms with Gasteiger partial charge >= 0.3 is 5.97 Å². The van der Waals surface area contributed by atoms with Gasteiger partial charge in [0.1, 0.15) is 30.6 Å². The number of hydrogen-bond acceptors (Lipinski definition) is 5. The summed E-state index contributed by atoms with van der Waals surface area (Å²) in [4.78, 5) is 11.1. The van der Waals surface area contributed by atoms with Crippen molar-refractivity contribution in [3.8, 4) is 23.3 Å². The first-order valence-corrected chi connectivity index (χ1v) is 7.89. The summed E-state index contributed by atoms with van der Waals surface area (Å²) in [5, 5.41) is 18.0. The first-order valence-electron chi connectivity index (χ1n) is 7.89. The topological polar surface area (TPSA) is 88.8 Å². The van der Waals surface area contributed by atoms with Crippen molar-refractivity contribution in [1.82, 2.24) is 0 Å². The summed E-state index contributed by atoms with van der Waals surface area (Å²) in [6, 6.07) is 14.4. The number of carboxylic acid groups (broad SMARTS) is 1. The highest BCUT2D eigenvalue weighted by molar-refractivity contribution is 5.97. The third-order valence-electron chi connectivity index (χ3n) is 3.47. The van der Waals surface area contributed by atoms with E-state index in [0.29, 0.717) is 23.7 Å². The quantitative estimate of drug-likeness (QED) is 0.444. The first kappa shape index (κ1) is 18.9. The third kappa shape index (κ3) is 5.02. The van der Waals surface area contributed by atoms with Gasteiger partial charge in [0.05, 0.1) is 7.11 Å². The zero-order chi connectivity index (χ0) is 18.9. The van der Waals surface area contributed by atoms with Crippen molar-refractivity contribution in [2.24, 2.45) is 0 Å². The Kier molecular flexibility index (Phi) is 6.63. The maximum Gasteiger partial charge on any atom is 0.346 e. The molecule has 1 N–H and O–H groups in total. The number of ether oxygens (including phenoxy) is 3. The number of carbonyl (C=O) groups is 1. The minimum Gasteiger partial charge on any atom is -0.493 e. The molecule has 0 aliphatic heterocycles. The Morgan fingerprint density at radius 2 is 1.92 bits per heavy atom. The number of aliphatic carboxylic acids is 1. The number of nitrogens with zero attached hydrogens (tertiary/aromatic N) is 1. The number of rotatable bonds is 8. The normalized spacial score (nSPS) is 10.7. The number of para-hydroxylation sites is 1. The van der Waals surface area contributed by atoms with Crippen molar-refractivity contribution in [2.45, 2.75) is 6.92 Å². The van der Waals surface area contributed by atoms with E-state index in [1.165, 1.54) is 13.2 Å². The average molecular weight is 353 g/mol. The number of carboxylic acids is 1. The van der Waals surface area contributed by atoms with Crippen LogP contribution in [0.15, 0.2) is 48.0 Å². The lowest BCUT2D eigenvalue weighted by Crippen LogP contribution is -2.10. The van der Waals surface area contributed by atoms with Crippen LogP contribution in [0.25, 0.3) is 6.08 Å². The van der Waals surface area contributed by atoms with Crippen molar-refractivity contribution in [3.63, 3.8) is 0 Å². The molecule has 0 radical (unpaired) electrons. The van der Waals surface area contributed by atoms with Crippen LogP contribution >= 0.6 is 0 Å². The van der Waals surface area contributed by atoms with E-state index < -0.39 is 5.97 Å². The second kappa shape index (κ2) is 9.14. The van der Waals surface area contributed by atoms with E-state index in [-0.39, 0.29) is 12.2 Å². The zero-order valence-electron chi connectivity index (χ0n) is 14.6. The molecule has 2 aromatic rings. The Labute approximate surface area is 151 Å². The lowest BCUT2D eigenvalue weighted by Gasteiger charge is -2.14. The Bertz CT molecular complexity index is 852. The maximum absolute atomic E-state index is 11.1. The van der Waals surface area contributed by atoms with Gasteiger partial charge in [-0.05, 0) is 36.8 Å². The highest BCUT2D eigenvalue weighted by Crippen LogP contribution is 2.32. The lowest BCUT2D eigenvalue weighted by molar-refractivity contribution is -0.132. The Balaban J connectivity index is 2.12. The van der Waals surface area contributed by atoms with Crippen LogP contribution in [0.2, 0.25) is 0 Å². The molecule has 0 saturated carbocycles. The molecule has 0 spiro atoms. The van der Waals surface area contributed by atoms with Gasteiger partial charge in [0.2, 0.25) is 0 Å². The zero-order valence-corrected chi connectivity index (χ0v) is 14.6. The summed E-state index contributed by atoms with van der Waals surface area (Å²) in [6.07, 6.45) is 1.25. The molecule has 6 nitrogen and oxygen atoms in total. The summed E-state index contributed by atoms with van der Waals surface area (Å²) >= 11 is 0. The van der Waals surface area contributed by atoms with Crippen LogP contribution in [0.5, 0.6) is 17.2 Å². The number of aryl methyl sites for hydroxylation is 1. The van der Waals surface area contributed by atoms with Crippen LogP contribution in [0.4, 0.5) is 0 Å². The molecule has 134 valence electrons. The minimum absolute atomic E-state index is 0.226. The van der Waals surface area contributed by atoms with Gasteiger partial charge in [0, 0.05) is 5.56 Å². The van der Waals surface area contributed by atoms with Crippen LogP contribution in [0, 0.1) is 18.3 Å². The molecular weight excluding hydrogens is 334 g/mol. The van der Waals surface area contributed by atoms with Gasteiger partial charge in [0.15, 0.2) is 11.5 Å². The van der Waals surface area contributed by atoms with E-state index in [9.17, 15) is 4.79 Å². The number of methoxy groups -OCH3 is 1. The van der Waals surface area contributed by atoms with Gasteiger partial charge in [0.25, 0.3) is 0 Å². The highest BCUT2D eigenvalue weighted by Gasteiger charge is 2.13. The van der Waals surface area contributed by atoms with Crippen LogP contribution in [-0.4, -0.2) is 31.4 Å². The monoisotopic (exact) mass is 353 g/mol. The molecule has 0 atom stereocenters. The van der Waals surface area contributed by atoms with E-state index in [4.69, 9.17) is 24.6 Å². The molecule has 2 aromatic carbocycles. The van der Waals surface area contributed by atoms with E-state index in [1.807, 2.05) is 31.2 Å². The predicted molar refractivity (Wildman–Crippen MR) is 96.4 cm³/mol. The fraction of sp³-hybridized carbons (Fsp3) is 0.200. The molecule has 26 heavy (non-hydrogen) atoms. The third-order valence-corrected chi connectivity index (χ3v) is 3.47. The second-order valence-corrected chi connectivity index (χ2v) is 5.37. The molecule has 0 aliphatic carbocycles. The molecule has 0 aliphatic rings. The van der Waals surface area contributed by atoms with Crippen LogP contribution < -0.4 is 14.2 Å². The molecular formula is C20H19NO5. The minimum atomic E-state index is -1.30. The summed E-state index contributed by atoms with van der Waals surface area (Å²) in [6.45, 7) is 2.50. The summed E-state index contributed by atoms with van der Waals surface area (Å²) in [5.74, 6) is 0.240. The SMILES string of the molecule is COc1cccc(C=C(C#N)C(=O)O)c1OCCOc1cccc(C)c1. The Hall–Kier alpha value is -3.46. The molecule has 0 saturated heterocycles. The van der Waals surface area contributed by atoms with Crippen molar-refractivity contribution in [3.05, 3.63) is 59.2 Å². The summed E-state index contributed by atoms with van der Waals surface area (Å²) in [5.41, 5.74) is 1.15. The van der Waals surface area contributed by atoms with Crippen molar-refractivity contribution in [1.29, 1.82) is 5.26 Å². The number of nitriles is 1. The van der Waals surface area contributed by atoms with E-state index in [0.717, 1.165) is 11.3 Å².